The summed E-state index contributed by atoms with van der Waals surface area (Å²) in [7, 11) is 1.96. The number of ether oxygens (including phenoxy) is 1. The number of rotatable bonds is 5. The lowest BCUT2D eigenvalue weighted by atomic mass is 9.81. The molecule has 0 aliphatic carbocycles. The van der Waals surface area contributed by atoms with E-state index >= 15 is 0 Å². The average molecular weight is 294 g/mol. The van der Waals surface area contributed by atoms with Gasteiger partial charge in [-0.15, -0.1) is 0 Å². The third kappa shape index (κ3) is 3.28. The molecule has 1 fully saturated rings. The molecule has 1 aromatic rings. The Bertz CT molecular complexity index is 474. The Morgan fingerprint density at radius 1 is 1.38 bits per heavy atom. The normalized spacial score (nSPS) is 21.0. The summed E-state index contributed by atoms with van der Waals surface area (Å²) >= 11 is 0. The van der Waals surface area contributed by atoms with E-state index in [9.17, 15) is 4.39 Å². The van der Waals surface area contributed by atoms with Crippen LogP contribution >= 0.6 is 0 Å². The van der Waals surface area contributed by atoms with Crippen molar-refractivity contribution in [3.8, 4) is 0 Å². The topological polar surface area (TPSA) is 24.5 Å². The van der Waals surface area contributed by atoms with Gasteiger partial charge in [0.25, 0.3) is 0 Å². The van der Waals surface area contributed by atoms with Gasteiger partial charge in [-0.3, -0.25) is 4.90 Å². The fourth-order valence-electron chi connectivity index (χ4n) is 3.41. The number of nitrogens with one attached hydrogen (secondary N) is 1. The second-order valence-corrected chi connectivity index (χ2v) is 6.03. The summed E-state index contributed by atoms with van der Waals surface area (Å²) in [5.41, 5.74) is 2.12. The molecule has 1 aliphatic heterocycles. The largest absolute Gasteiger partial charge is 0.379 e. The zero-order valence-electron chi connectivity index (χ0n) is 13.6. The third-order valence-corrected chi connectivity index (χ3v) is 4.91. The predicted molar refractivity (Wildman–Crippen MR) is 84.0 cm³/mol. The minimum atomic E-state index is -0.170. The van der Waals surface area contributed by atoms with E-state index in [2.05, 4.69) is 31.0 Å². The summed E-state index contributed by atoms with van der Waals surface area (Å²) in [6, 6.07) is 5.16. The summed E-state index contributed by atoms with van der Waals surface area (Å²) < 4.78 is 19.2. The summed E-state index contributed by atoms with van der Waals surface area (Å²) in [6.07, 6.45) is 0.995. The van der Waals surface area contributed by atoms with Crippen molar-refractivity contribution in [2.75, 3.05) is 33.4 Å². The average Bonchev–Trinajstić information content (AvgIpc) is 2.52. The quantitative estimate of drug-likeness (QED) is 0.904. The Labute approximate surface area is 127 Å². The molecule has 1 N–H and O–H groups in total. The summed E-state index contributed by atoms with van der Waals surface area (Å²) in [5, 5.41) is 3.43. The molecule has 21 heavy (non-hydrogen) atoms. The third-order valence-electron chi connectivity index (χ3n) is 4.91. The second kappa shape index (κ2) is 6.86. The maximum absolute atomic E-state index is 13.7. The monoisotopic (exact) mass is 294 g/mol. The van der Waals surface area contributed by atoms with Crippen LogP contribution in [0.4, 0.5) is 4.39 Å². The zero-order chi connectivity index (χ0) is 15.5. The van der Waals surface area contributed by atoms with Gasteiger partial charge in [0.1, 0.15) is 5.82 Å². The molecule has 1 aliphatic rings. The maximum Gasteiger partial charge on any atom is 0.123 e. The molecule has 0 amide bonds. The van der Waals surface area contributed by atoms with Gasteiger partial charge in [-0.05, 0) is 50.6 Å². The van der Waals surface area contributed by atoms with Gasteiger partial charge < -0.3 is 10.1 Å². The van der Waals surface area contributed by atoms with Crippen LogP contribution in [-0.4, -0.2) is 43.8 Å². The second-order valence-electron chi connectivity index (χ2n) is 6.03. The molecule has 4 heteroatoms. The molecule has 0 aromatic heterocycles. The fraction of sp³-hybridized carbons (Fsp3) is 0.647. The first-order chi connectivity index (χ1) is 10.0. The molecule has 1 heterocycles. The first kappa shape index (κ1) is 16.4. The molecule has 0 radical (unpaired) electrons. The van der Waals surface area contributed by atoms with Crippen LogP contribution in [-0.2, 0) is 4.74 Å². The lowest BCUT2D eigenvalue weighted by Crippen LogP contribution is -2.57. The van der Waals surface area contributed by atoms with Gasteiger partial charge in [-0.1, -0.05) is 13.0 Å². The molecule has 2 atom stereocenters. The van der Waals surface area contributed by atoms with Crippen molar-refractivity contribution in [2.45, 2.75) is 38.8 Å². The summed E-state index contributed by atoms with van der Waals surface area (Å²) in [6.45, 7) is 9.92. The molecule has 3 nitrogen and oxygen atoms in total. The SMILES string of the molecule is CCC(C)(C(NC)c1cc(F)ccc1C)N1CCOCC1. The molecule has 0 bridgehead atoms. The van der Waals surface area contributed by atoms with Crippen LogP contribution in [0.1, 0.15) is 37.4 Å². The number of hydrogen-bond donors (Lipinski definition) is 1. The first-order valence-corrected chi connectivity index (χ1v) is 7.79. The molecule has 2 rings (SSSR count). The highest BCUT2D eigenvalue weighted by Gasteiger charge is 2.39. The number of hydrogen-bond acceptors (Lipinski definition) is 3. The van der Waals surface area contributed by atoms with E-state index in [0.29, 0.717) is 0 Å². The Hall–Kier alpha value is -0.970. The van der Waals surface area contributed by atoms with Crippen molar-refractivity contribution < 1.29 is 9.13 Å². The maximum atomic E-state index is 13.7. The Morgan fingerprint density at radius 3 is 2.62 bits per heavy atom. The number of aryl methyl sites for hydroxylation is 1. The minimum Gasteiger partial charge on any atom is -0.379 e. The van der Waals surface area contributed by atoms with Crippen molar-refractivity contribution >= 4 is 0 Å². The Balaban J connectivity index is 2.38. The number of morpholine rings is 1. The van der Waals surface area contributed by atoms with Gasteiger partial charge in [-0.2, -0.15) is 0 Å². The Morgan fingerprint density at radius 2 is 2.05 bits per heavy atom. The lowest BCUT2D eigenvalue weighted by Gasteiger charge is -2.48. The number of benzene rings is 1. The first-order valence-electron chi connectivity index (χ1n) is 7.79. The van der Waals surface area contributed by atoms with E-state index in [-0.39, 0.29) is 17.4 Å². The van der Waals surface area contributed by atoms with Gasteiger partial charge in [0.15, 0.2) is 0 Å². The molecule has 118 valence electrons. The van der Waals surface area contributed by atoms with Gasteiger partial charge in [-0.25, -0.2) is 4.39 Å². The highest BCUT2D eigenvalue weighted by molar-refractivity contribution is 5.32. The van der Waals surface area contributed by atoms with Crippen LogP contribution < -0.4 is 5.32 Å². The summed E-state index contributed by atoms with van der Waals surface area (Å²) in [4.78, 5) is 2.47. The van der Waals surface area contributed by atoms with Crippen molar-refractivity contribution in [1.29, 1.82) is 0 Å². The van der Waals surface area contributed by atoms with Gasteiger partial charge in [0, 0.05) is 18.6 Å². The Kier molecular flexibility index (Phi) is 5.36. The van der Waals surface area contributed by atoms with Gasteiger partial charge in [0.2, 0.25) is 0 Å². The van der Waals surface area contributed by atoms with Crippen LogP contribution in [0.5, 0.6) is 0 Å². The van der Waals surface area contributed by atoms with Crippen LogP contribution in [0, 0.1) is 12.7 Å². The van der Waals surface area contributed by atoms with Crippen molar-refractivity contribution in [2.24, 2.45) is 0 Å². The number of nitrogens with zero attached hydrogens (tertiary/aromatic N) is 1. The number of halogens is 1. The van der Waals surface area contributed by atoms with E-state index in [1.54, 1.807) is 6.07 Å². The van der Waals surface area contributed by atoms with E-state index in [0.717, 1.165) is 43.9 Å². The smallest absolute Gasteiger partial charge is 0.123 e. The molecule has 2 unspecified atom stereocenters. The summed E-state index contributed by atoms with van der Waals surface area (Å²) in [5.74, 6) is -0.170. The van der Waals surface area contributed by atoms with Crippen molar-refractivity contribution in [1.82, 2.24) is 10.2 Å². The molecular formula is C17H27FN2O. The molecule has 0 spiro atoms. The lowest BCUT2D eigenvalue weighted by molar-refractivity contribution is -0.0320. The van der Waals surface area contributed by atoms with E-state index < -0.39 is 0 Å². The van der Waals surface area contributed by atoms with E-state index in [1.807, 2.05) is 13.1 Å². The van der Waals surface area contributed by atoms with Crippen LogP contribution in [0.3, 0.4) is 0 Å². The zero-order valence-corrected chi connectivity index (χ0v) is 13.6. The van der Waals surface area contributed by atoms with Gasteiger partial charge in [0.05, 0.1) is 19.3 Å². The highest BCUT2D eigenvalue weighted by atomic mass is 19.1. The molecule has 1 saturated heterocycles. The van der Waals surface area contributed by atoms with Crippen LogP contribution in [0.2, 0.25) is 0 Å². The van der Waals surface area contributed by atoms with Gasteiger partial charge >= 0.3 is 0 Å². The molecule has 1 aromatic carbocycles. The standard InChI is InChI=1S/C17H27FN2O/c1-5-17(3,20-8-10-21-11-9-20)16(19-4)15-12-14(18)7-6-13(15)2/h6-7,12,16,19H,5,8-11H2,1-4H3. The van der Waals surface area contributed by atoms with E-state index in [1.165, 1.54) is 6.07 Å². The highest BCUT2D eigenvalue weighted by Crippen LogP contribution is 2.36. The van der Waals surface area contributed by atoms with E-state index in [4.69, 9.17) is 4.74 Å². The van der Waals surface area contributed by atoms with Crippen molar-refractivity contribution in [3.05, 3.63) is 35.1 Å². The van der Waals surface area contributed by atoms with Crippen molar-refractivity contribution in [3.63, 3.8) is 0 Å². The van der Waals surface area contributed by atoms with Crippen LogP contribution in [0.15, 0.2) is 18.2 Å². The molecular weight excluding hydrogens is 267 g/mol. The fourth-order valence-corrected chi connectivity index (χ4v) is 3.41. The van der Waals surface area contributed by atoms with Crippen LogP contribution in [0.25, 0.3) is 0 Å². The molecule has 0 saturated carbocycles. The minimum absolute atomic E-state index is 0.0584. The number of likely N-dealkylation sites (N-methyl/N-ethyl adjacent to an activating group) is 1. The predicted octanol–water partition coefficient (Wildman–Crippen LogP) is 2.90.